The molecule has 0 aliphatic rings. The number of likely N-dealkylation sites (N-methyl/N-ethyl adjacent to an activating group) is 1. The summed E-state index contributed by atoms with van der Waals surface area (Å²) in [5.74, 6) is -0.814. The van der Waals surface area contributed by atoms with Crippen molar-refractivity contribution in [2.45, 2.75) is 11.1 Å². The van der Waals surface area contributed by atoms with Crippen LogP contribution in [0.15, 0.2) is 47.4 Å². The Bertz CT molecular complexity index is 948. The molecule has 2 aromatic rings. The number of halogens is 5. The minimum Gasteiger partial charge on any atom is -0.325 e. The number of rotatable bonds is 5. The van der Waals surface area contributed by atoms with Crippen molar-refractivity contribution in [3.63, 3.8) is 0 Å². The molecular formula is C16H13Cl2F3N2O3S. The third kappa shape index (κ3) is 5.35. The van der Waals surface area contributed by atoms with Gasteiger partial charge in [0.05, 0.1) is 22.0 Å². The van der Waals surface area contributed by atoms with Crippen molar-refractivity contribution in [1.29, 1.82) is 0 Å². The maximum Gasteiger partial charge on any atom is 0.417 e. The van der Waals surface area contributed by atoms with Gasteiger partial charge in [0.1, 0.15) is 0 Å². The molecule has 11 heteroatoms. The van der Waals surface area contributed by atoms with Crippen molar-refractivity contribution in [3.8, 4) is 0 Å². The second-order valence-electron chi connectivity index (χ2n) is 5.46. The van der Waals surface area contributed by atoms with Gasteiger partial charge in [-0.25, -0.2) is 8.42 Å². The summed E-state index contributed by atoms with van der Waals surface area (Å²) in [5.41, 5.74) is -1.27. The van der Waals surface area contributed by atoms with E-state index in [-0.39, 0.29) is 10.6 Å². The lowest BCUT2D eigenvalue weighted by molar-refractivity contribution is -0.137. The van der Waals surface area contributed by atoms with Crippen molar-refractivity contribution < 1.29 is 26.4 Å². The van der Waals surface area contributed by atoms with Gasteiger partial charge in [-0.1, -0.05) is 23.2 Å². The first-order valence-electron chi connectivity index (χ1n) is 7.30. The molecule has 0 atom stereocenters. The minimum atomic E-state index is -4.69. The number of carbonyl (C=O) groups excluding carboxylic acids is 1. The molecule has 0 spiro atoms. The normalized spacial score (nSPS) is 12.3. The van der Waals surface area contributed by atoms with E-state index in [4.69, 9.17) is 23.2 Å². The third-order valence-electron chi connectivity index (χ3n) is 3.44. The molecule has 1 amide bonds. The fourth-order valence-corrected chi connectivity index (χ4v) is 3.57. The Labute approximate surface area is 163 Å². The number of hydrogen-bond acceptors (Lipinski definition) is 3. The quantitative estimate of drug-likeness (QED) is 0.754. The van der Waals surface area contributed by atoms with Gasteiger partial charge in [0.15, 0.2) is 0 Å². The number of anilines is 1. The second kappa shape index (κ2) is 8.05. The van der Waals surface area contributed by atoms with Crippen LogP contribution in [0.25, 0.3) is 0 Å². The van der Waals surface area contributed by atoms with Crippen LogP contribution in [0.4, 0.5) is 18.9 Å². The summed E-state index contributed by atoms with van der Waals surface area (Å²) in [7, 11) is -2.80. The highest BCUT2D eigenvalue weighted by Crippen LogP contribution is 2.36. The summed E-state index contributed by atoms with van der Waals surface area (Å²) in [4.78, 5) is 12.0. The summed E-state index contributed by atoms with van der Waals surface area (Å²) in [6, 6.07) is 8.18. The SMILES string of the molecule is CN(CC(=O)Nc1ccc(Cl)c(C(F)(F)F)c1)S(=O)(=O)c1ccc(Cl)cc1. The molecule has 0 aromatic heterocycles. The fourth-order valence-electron chi connectivity index (χ4n) is 2.09. The molecule has 0 aliphatic heterocycles. The van der Waals surface area contributed by atoms with Gasteiger partial charge in [-0.3, -0.25) is 4.79 Å². The molecule has 27 heavy (non-hydrogen) atoms. The largest absolute Gasteiger partial charge is 0.417 e. The average molecular weight is 441 g/mol. The van der Waals surface area contributed by atoms with Crippen molar-refractivity contribution in [2.75, 3.05) is 18.9 Å². The Morgan fingerprint density at radius 1 is 1.11 bits per heavy atom. The Kier molecular flexibility index (Phi) is 6.41. The number of carbonyl (C=O) groups is 1. The lowest BCUT2D eigenvalue weighted by atomic mass is 10.2. The molecule has 0 unspecified atom stereocenters. The predicted octanol–water partition coefficient (Wildman–Crippen LogP) is 4.27. The lowest BCUT2D eigenvalue weighted by Gasteiger charge is -2.17. The molecule has 0 saturated heterocycles. The van der Waals surface area contributed by atoms with E-state index in [0.29, 0.717) is 11.1 Å². The van der Waals surface area contributed by atoms with Crippen LogP contribution in [0.5, 0.6) is 0 Å². The standard InChI is InChI=1S/C16H13Cl2F3N2O3S/c1-23(27(25,26)12-5-2-10(17)3-6-12)9-15(24)22-11-4-7-14(18)13(8-11)16(19,20)21/h2-8H,9H2,1H3,(H,22,24). The van der Waals surface area contributed by atoms with E-state index in [2.05, 4.69) is 5.32 Å². The van der Waals surface area contributed by atoms with Crippen LogP contribution >= 0.6 is 23.2 Å². The van der Waals surface area contributed by atoms with E-state index < -0.39 is 39.2 Å². The van der Waals surface area contributed by atoms with Crippen LogP contribution in [0.3, 0.4) is 0 Å². The van der Waals surface area contributed by atoms with Gasteiger partial charge < -0.3 is 5.32 Å². The molecule has 2 aromatic carbocycles. The zero-order chi connectivity index (χ0) is 20.4. The number of sulfonamides is 1. The van der Waals surface area contributed by atoms with Crippen LogP contribution in [0.2, 0.25) is 10.0 Å². The predicted molar refractivity (Wildman–Crippen MR) is 96.4 cm³/mol. The Hall–Kier alpha value is -1.81. The molecular weight excluding hydrogens is 428 g/mol. The fraction of sp³-hybridized carbons (Fsp3) is 0.188. The number of alkyl halides is 3. The lowest BCUT2D eigenvalue weighted by Crippen LogP contribution is -2.35. The first-order valence-corrected chi connectivity index (χ1v) is 9.49. The molecule has 0 aliphatic carbocycles. The average Bonchev–Trinajstić information content (AvgIpc) is 2.55. The summed E-state index contributed by atoms with van der Waals surface area (Å²) >= 11 is 11.2. The van der Waals surface area contributed by atoms with Crippen LogP contribution in [0.1, 0.15) is 5.56 Å². The first-order chi connectivity index (χ1) is 12.4. The smallest absolute Gasteiger partial charge is 0.325 e. The number of nitrogens with one attached hydrogen (secondary N) is 1. The molecule has 0 saturated carbocycles. The summed E-state index contributed by atoms with van der Waals surface area (Å²) in [6.07, 6.45) is -4.69. The summed E-state index contributed by atoms with van der Waals surface area (Å²) < 4.78 is 64.1. The molecule has 0 heterocycles. The van der Waals surface area contributed by atoms with Crippen molar-refractivity contribution >= 4 is 44.8 Å². The van der Waals surface area contributed by atoms with Gasteiger partial charge in [0, 0.05) is 17.8 Å². The van der Waals surface area contributed by atoms with Crippen LogP contribution in [-0.2, 0) is 21.0 Å². The van der Waals surface area contributed by atoms with Gasteiger partial charge in [-0.05, 0) is 42.5 Å². The van der Waals surface area contributed by atoms with E-state index in [1.165, 1.54) is 37.4 Å². The number of nitrogens with zero attached hydrogens (tertiary/aromatic N) is 1. The highest BCUT2D eigenvalue weighted by molar-refractivity contribution is 7.89. The summed E-state index contributed by atoms with van der Waals surface area (Å²) in [6.45, 7) is -0.602. The second-order valence-corrected chi connectivity index (χ2v) is 8.34. The van der Waals surface area contributed by atoms with E-state index in [0.717, 1.165) is 10.4 Å². The first kappa shape index (κ1) is 21.5. The maximum atomic E-state index is 12.9. The number of amides is 1. The molecule has 0 bridgehead atoms. The Morgan fingerprint density at radius 3 is 2.26 bits per heavy atom. The van der Waals surface area contributed by atoms with Gasteiger partial charge >= 0.3 is 6.18 Å². The van der Waals surface area contributed by atoms with Gasteiger partial charge in [-0.15, -0.1) is 0 Å². The van der Waals surface area contributed by atoms with Gasteiger partial charge in [-0.2, -0.15) is 17.5 Å². The third-order valence-corrected chi connectivity index (χ3v) is 5.84. The Morgan fingerprint density at radius 2 is 1.70 bits per heavy atom. The maximum absolute atomic E-state index is 12.9. The van der Waals surface area contributed by atoms with Crippen molar-refractivity contribution in [2.24, 2.45) is 0 Å². The van der Waals surface area contributed by atoms with Crippen molar-refractivity contribution in [3.05, 3.63) is 58.1 Å². The monoisotopic (exact) mass is 440 g/mol. The van der Waals surface area contributed by atoms with Crippen LogP contribution in [-0.4, -0.2) is 32.2 Å². The van der Waals surface area contributed by atoms with E-state index in [1.54, 1.807) is 0 Å². The molecule has 1 N–H and O–H groups in total. The number of benzene rings is 2. The zero-order valence-electron chi connectivity index (χ0n) is 13.7. The zero-order valence-corrected chi connectivity index (χ0v) is 16.0. The topological polar surface area (TPSA) is 66.5 Å². The molecule has 0 fully saturated rings. The summed E-state index contributed by atoms with van der Waals surface area (Å²) in [5, 5.41) is 2.05. The molecule has 0 radical (unpaired) electrons. The molecule has 5 nitrogen and oxygen atoms in total. The molecule has 2 rings (SSSR count). The highest BCUT2D eigenvalue weighted by Gasteiger charge is 2.33. The Balaban J connectivity index is 2.12. The van der Waals surface area contributed by atoms with E-state index >= 15 is 0 Å². The van der Waals surface area contributed by atoms with Crippen molar-refractivity contribution in [1.82, 2.24) is 4.31 Å². The highest BCUT2D eigenvalue weighted by atomic mass is 35.5. The van der Waals surface area contributed by atoms with E-state index in [1.807, 2.05) is 0 Å². The minimum absolute atomic E-state index is 0.0759. The molecule has 146 valence electrons. The van der Waals surface area contributed by atoms with Crippen LogP contribution in [0, 0.1) is 0 Å². The van der Waals surface area contributed by atoms with Crippen LogP contribution < -0.4 is 5.32 Å². The van der Waals surface area contributed by atoms with Gasteiger partial charge in [0.25, 0.3) is 0 Å². The van der Waals surface area contributed by atoms with E-state index in [9.17, 15) is 26.4 Å². The number of hydrogen-bond donors (Lipinski definition) is 1. The van der Waals surface area contributed by atoms with Gasteiger partial charge in [0.2, 0.25) is 15.9 Å².